The Morgan fingerprint density at radius 3 is 2.70 bits per heavy atom. The van der Waals surface area contributed by atoms with E-state index in [4.69, 9.17) is 5.73 Å². The van der Waals surface area contributed by atoms with Crippen molar-refractivity contribution in [2.24, 2.45) is 5.73 Å². The highest BCUT2D eigenvalue weighted by molar-refractivity contribution is 5.55. The summed E-state index contributed by atoms with van der Waals surface area (Å²) in [5.74, 6) is 0. The van der Waals surface area contributed by atoms with Crippen molar-refractivity contribution in [1.29, 1.82) is 0 Å². The van der Waals surface area contributed by atoms with Crippen LogP contribution in [0, 0.1) is 6.92 Å². The maximum Gasteiger partial charge on any atom is 0.0397 e. The maximum absolute atomic E-state index is 5.89. The van der Waals surface area contributed by atoms with Crippen LogP contribution in [0.15, 0.2) is 18.2 Å². The Balaban J connectivity index is 2.12. The highest BCUT2D eigenvalue weighted by Crippen LogP contribution is 2.25. The molecule has 1 aliphatic rings. The summed E-state index contributed by atoms with van der Waals surface area (Å²) in [6, 6.07) is 7.73. The van der Waals surface area contributed by atoms with Gasteiger partial charge in [-0.15, -0.1) is 0 Å². The van der Waals surface area contributed by atoms with E-state index in [2.05, 4.69) is 55.8 Å². The first-order valence-corrected chi connectivity index (χ1v) is 7.81. The standard InChI is InChI=1S/C17H29N3/c1-5-16-12-20(9-8-19(16)4)17-7-6-15(10-13(17)2)11-14(3)18/h6-7,10,14,16H,5,8-9,11-12,18H2,1-4H3. The van der Waals surface area contributed by atoms with Crippen LogP contribution in [0.1, 0.15) is 31.4 Å². The Hall–Kier alpha value is -1.06. The topological polar surface area (TPSA) is 32.5 Å². The summed E-state index contributed by atoms with van der Waals surface area (Å²) in [7, 11) is 2.24. The van der Waals surface area contributed by atoms with Gasteiger partial charge < -0.3 is 10.6 Å². The van der Waals surface area contributed by atoms with Crippen molar-refractivity contribution in [3.05, 3.63) is 29.3 Å². The van der Waals surface area contributed by atoms with E-state index in [1.165, 1.54) is 23.2 Å². The lowest BCUT2D eigenvalue weighted by Crippen LogP contribution is -2.51. The minimum atomic E-state index is 0.230. The Kier molecular flexibility index (Phi) is 5.06. The fourth-order valence-electron chi connectivity index (χ4n) is 3.18. The number of likely N-dealkylation sites (N-methyl/N-ethyl adjacent to an activating group) is 1. The molecular formula is C17H29N3. The normalized spacial score (nSPS) is 22.1. The van der Waals surface area contributed by atoms with Gasteiger partial charge in [-0.25, -0.2) is 0 Å². The van der Waals surface area contributed by atoms with E-state index in [1.807, 2.05) is 0 Å². The third-order valence-electron chi connectivity index (χ3n) is 4.41. The lowest BCUT2D eigenvalue weighted by molar-refractivity contribution is 0.213. The first-order valence-electron chi connectivity index (χ1n) is 7.81. The summed E-state index contributed by atoms with van der Waals surface area (Å²) >= 11 is 0. The predicted molar refractivity (Wildman–Crippen MR) is 87.5 cm³/mol. The van der Waals surface area contributed by atoms with Gasteiger partial charge in [0.1, 0.15) is 0 Å². The molecule has 2 unspecified atom stereocenters. The van der Waals surface area contributed by atoms with Crippen LogP contribution in [0.5, 0.6) is 0 Å². The smallest absolute Gasteiger partial charge is 0.0397 e. The average Bonchev–Trinajstić information content (AvgIpc) is 2.39. The third kappa shape index (κ3) is 3.53. The van der Waals surface area contributed by atoms with Crippen molar-refractivity contribution in [3.63, 3.8) is 0 Å². The SMILES string of the molecule is CCC1CN(c2ccc(CC(C)N)cc2C)CCN1C. The molecule has 0 saturated carbocycles. The van der Waals surface area contributed by atoms with Gasteiger partial charge >= 0.3 is 0 Å². The molecule has 1 fully saturated rings. The van der Waals surface area contributed by atoms with Crippen LogP contribution in [-0.2, 0) is 6.42 Å². The molecular weight excluding hydrogens is 246 g/mol. The second-order valence-electron chi connectivity index (χ2n) is 6.29. The highest BCUT2D eigenvalue weighted by atomic mass is 15.3. The van der Waals surface area contributed by atoms with Crippen molar-refractivity contribution in [2.45, 2.75) is 45.7 Å². The fourth-order valence-corrected chi connectivity index (χ4v) is 3.18. The molecule has 20 heavy (non-hydrogen) atoms. The summed E-state index contributed by atoms with van der Waals surface area (Å²) in [5, 5.41) is 0. The van der Waals surface area contributed by atoms with E-state index in [1.54, 1.807) is 0 Å². The van der Waals surface area contributed by atoms with Gasteiger partial charge in [-0.1, -0.05) is 19.1 Å². The van der Waals surface area contributed by atoms with Crippen LogP contribution < -0.4 is 10.6 Å². The molecule has 0 aromatic heterocycles. The predicted octanol–water partition coefficient (Wildman–Crippen LogP) is 2.42. The molecule has 0 aliphatic carbocycles. The zero-order chi connectivity index (χ0) is 14.7. The Morgan fingerprint density at radius 2 is 2.10 bits per heavy atom. The van der Waals surface area contributed by atoms with Gasteiger partial charge in [0.2, 0.25) is 0 Å². The van der Waals surface area contributed by atoms with Gasteiger partial charge in [0.05, 0.1) is 0 Å². The van der Waals surface area contributed by atoms with E-state index >= 15 is 0 Å². The molecule has 1 aromatic rings. The highest BCUT2D eigenvalue weighted by Gasteiger charge is 2.23. The van der Waals surface area contributed by atoms with Crippen molar-refractivity contribution in [1.82, 2.24) is 4.90 Å². The van der Waals surface area contributed by atoms with Crippen molar-refractivity contribution in [3.8, 4) is 0 Å². The molecule has 1 saturated heterocycles. The van der Waals surface area contributed by atoms with Crippen LogP contribution in [0.2, 0.25) is 0 Å². The van der Waals surface area contributed by atoms with Crippen LogP contribution in [-0.4, -0.2) is 43.7 Å². The van der Waals surface area contributed by atoms with Crippen molar-refractivity contribution in [2.75, 3.05) is 31.6 Å². The molecule has 0 amide bonds. The number of benzene rings is 1. The fraction of sp³-hybridized carbons (Fsp3) is 0.647. The molecule has 112 valence electrons. The van der Waals surface area contributed by atoms with Gasteiger partial charge in [-0.3, -0.25) is 4.90 Å². The number of piperazine rings is 1. The van der Waals surface area contributed by atoms with Crippen LogP contribution in [0.4, 0.5) is 5.69 Å². The summed E-state index contributed by atoms with van der Waals surface area (Å²) in [4.78, 5) is 5.02. The number of anilines is 1. The number of nitrogens with two attached hydrogens (primary N) is 1. The van der Waals surface area contributed by atoms with E-state index in [9.17, 15) is 0 Å². The number of hydrogen-bond acceptors (Lipinski definition) is 3. The second-order valence-corrected chi connectivity index (χ2v) is 6.29. The molecule has 0 bridgehead atoms. The first kappa shape index (κ1) is 15.3. The lowest BCUT2D eigenvalue weighted by atomic mass is 10.0. The second kappa shape index (κ2) is 6.59. The largest absolute Gasteiger partial charge is 0.368 e. The molecule has 0 spiro atoms. The zero-order valence-corrected chi connectivity index (χ0v) is 13.4. The van der Waals surface area contributed by atoms with Gasteiger partial charge in [0.25, 0.3) is 0 Å². The number of nitrogens with zero attached hydrogens (tertiary/aromatic N) is 2. The molecule has 3 heteroatoms. The minimum Gasteiger partial charge on any atom is -0.368 e. The number of hydrogen-bond donors (Lipinski definition) is 1. The summed E-state index contributed by atoms with van der Waals surface area (Å²) in [6.45, 7) is 9.98. The molecule has 0 radical (unpaired) electrons. The van der Waals surface area contributed by atoms with E-state index in [0.29, 0.717) is 6.04 Å². The molecule has 1 aliphatic heterocycles. The van der Waals surface area contributed by atoms with Gasteiger partial charge in [0, 0.05) is 37.4 Å². The van der Waals surface area contributed by atoms with Crippen LogP contribution in [0.3, 0.4) is 0 Å². The maximum atomic E-state index is 5.89. The van der Waals surface area contributed by atoms with Crippen molar-refractivity contribution < 1.29 is 0 Å². The van der Waals surface area contributed by atoms with Gasteiger partial charge in [0.15, 0.2) is 0 Å². The van der Waals surface area contributed by atoms with Crippen LogP contribution in [0.25, 0.3) is 0 Å². The summed E-state index contributed by atoms with van der Waals surface area (Å²) < 4.78 is 0. The zero-order valence-electron chi connectivity index (χ0n) is 13.4. The molecule has 2 rings (SSSR count). The average molecular weight is 275 g/mol. The van der Waals surface area contributed by atoms with E-state index in [-0.39, 0.29) is 6.04 Å². The summed E-state index contributed by atoms with van der Waals surface area (Å²) in [5.41, 5.74) is 10.0. The lowest BCUT2D eigenvalue weighted by Gasteiger charge is -2.41. The number of aryl methyl sites for hydroxylation is 1. The van der Waals surface area contributed by atoms with Crippen LogP contribution >= 0.6 is 0 Å². The minimum absolute atomic E-state index is 0.230. The van der Waals surface area contributed by atoms with Crippen molar-refractivity contribution >= 4 is 5.69 Å². The molecule has 1 heterocycles. The number of rotatable bonds is 4. The van der Waals surface area contributed by atoms with Gasteiger partial charge in [-0.05, 0) is 50.9 Å². The molecule has 2 N–H and O–H groups in total. The monoisotopic (exact) mass is 275 g/mol. The van der Waals surface area contributed by atoms with Gasteiger partial charge in [-0.2, -0.15) is 0 Å². The Morgan fingerprint density at radius 1 is 1.35 bits per heavy atom. The first-order chi connectivity index (χ1) is 9.51. The Labute approximate surface area is 123 Å². The Bertz CT molecular complexity index is 442. The molecule has 2 atom stereocenters. The quantitative estimate of drug-likeness (QED) is 0.916. The summed E-state index contributed by atoms with van der Waals surface area (Å²) in [6.07, 6.45) is 2.18. The van der Waals surface area contributed by atoms with E-state index in [0.717, 1.165) is 26.1 Å². The molecule has 3 nitrogen and oxygen atoms in total. The third-order valence-corrected chi connectivity index (χ3v) is 4.41. The van der Waals surface area contributed by atoms with E-state index < -0.39 is 0 Å². The molecule has 1 aromatic carbocycles.